The van der Waals surface area contributed by atoms with Gasteiger partial charge in [0.25, 0.3) is 0 Å². The van der Waals surface area contributed by atoms with Crippen LogP contribution in [0.1, 0.15) is 57.9 Å². The van der Waals surface area contributed by atoms with Gasteiger partial charge < -0.3 is 14.5 Å². The molecule has 0 bridgehead atoms. The van der Waals surface area contributed by atoms with E-state index >= 15 is 0 Å². The summed E-state index contributed by atoms with van der Waals surface area (Å²) in [5, 5.41) is 0. The second-order valence-electron chi connectivity index (χ2n) is 5.45. The molecule has 0 aliphatic heterocycles. The van der Waals surface area contributed by atoms with Crippen LogP contribution in [0.15, 0.2) is 24.3 Å². The molecule has 0 amide bonds. The summed E-state index contributed by atoms with van der Waals surface area (Å²) in [4.78, 5) is 18.0. The molecule has 1 aliphatic rings. The number of hydrogen-bond acceptors (Lipinski definition) is 2. The molecule has 5 heteroatoms. The standard InChI is InChI=1S/C12H17O4P.C4H10/c13-17(14,15)9-10-5-1-4-8-12(10)16-11-6-2-3-7-11;1-3-4-2/h1,4-5,8,11H,2-3,6-7,9H2,(H2,13,14,15);3-4H2,1-2H3. The topological polar surface area (TPSA) is 66.8 Å². The maximum Gasteiger partial charge on any atom is 0.330 e. The van der Waals surface area contributed by atoms with E-state index in [1.807, 2.05) is 6.07 Å². The van der Waals surface area contributed by atoms with Crippen molar-refractivity contribution in [3.8, 4) is 5.75 Å². The molecule has 0 heterocycles. The van der Waals surface area contributed by atoms with Gasteiger partial charge in [-0.05, 0) is 31.7 Å². The molecule has 120 valence electrons. The quantitative estimate of drug-likeness (QED) is 0.786. The molecule has 0 atom stereocenters. The van der Waals surface area contributed by atoms with Gasteiger partial charge in [-0.1, -0.05) is 44.9 Å². The van der Waals surface area contributed by atoms with E-state index in [0.717, 1.165) is 12.8 Å². The zero-order valence-electron chi connectivity index (χ0n) is 13.0. The molecule has 0 saturated heterocycles. The highest BCUT2D eigenvalue weighted by Crippen LogP contribution is 2.42. The van der Waals surface area contributed by atoms with E-state index in [1.165, 1.54) is 25.7 Å². The van der Waals surface area contributed by atoms with Gasteiger partial charge in [-0.2, -0.15) is 0 Å². The van der Waals surface area contributed by atoms with Gasteiger partial charge in [0.1, 0.15) is 5.75 Å². The summed E-state index contributed by atoms with van der Waals surface area (Å²) in [6.45, 7) is 4.36. The Morgan fingerprint density at radius 1 is 1.14 bits per heavy atom. The Morgan fingerprint density at radius 3 is 2.24 bits per heavy atom. The average molecular weight is 314 g/mol. The molecule has 1 aromatic carbocycles. The summed E-state index contributed by atoms with van der Waals surface area (Å²) < 4.78 is 16.8. The van der Waals surface area contributed by atoms with E-state index in [2.05, 4.69) is 13.8 Å². The zero-order chi connectivity index (χ0) is 15.7. The SMILES string of the molecule is CCCC.O=P(O)(O)Cc1ccccc1OC1CCCC1. The molecule has 0 radical (unpaired) electrons. The Hall–Kier alpha value is -0.830. The fraction of sp³-hybridized carbons (Fsp3) is 0.625. The van der Waals surface area contributed by atoms with Crippen molar-refractivity contribution in [3.05, 3.63) is 29.8 Å². The predicted molar refractivity (Wildman–Crippen MR) is 85.7 cm³/mol. The summed E-state index contributed by atoms with van der Waals surface area (Å²) in [6.07, 6.45) is 6.99. The second kappa shape index (κ2) is 9.24. The van der Waals surface area contributed by atoms with Crippen LogP contribution in [0.3, 0.4) is 0 Å². The first-order chi connectivity index (χ1) is 9.96. The number of hydrogen-bond donors (Lipinski definition) is 2. The van der Waals surface area contributed by atoms with Crippen LogP contribution in [0.2, 0.25) is 0 Å². The molecule has 21 heavy (non-hydrogen) atoms. The van der Waals surface area contributed by atoms with Crippen LogP contribution >= 0.6 is 7.60 Å². The third kappa shape index (κ3) is 7.66. The molecular formula is C16H27O4P. The highest BCUT2D eigenvalue weighted by Gasteiger charge is 2.21. The number of ether oxygens (including phenoxy) is 1. The van der Waals surface area contributed by atoms with Crippen molar-refractivity contribution >= 4 is 7.60 Å². The molecule has 4 nitrogen and oxygen atoms in total. The first-order valence-corrected chi connectivity index (χ1v) is 9.55. The first-order valence-electron chi connectivity index (χ1n) is 7.75. The lowest BCUT2D eigenvalue weighted by Crippen LogP contribution is -2.12. The number of para-hydroxylation sites is 1. The van der Waals surface area contributed by atoms with Gasteiger partial charge in [-0.3, -0.25) is 4.57 Å². The van der Waals surface area contributed by atoms with Crippen LogP contribution in [0.5, 0.6) is 5.75 Å². The number of benzene rings is 1. The second-order valence-corrected chi connectivity index (χ2v) is 7.10. The molecule has 1 aliphatic carbocycles. The summed E-state index contributed by atoms with van der Waals surface area (Å²) in [5.74, 6) is 0.614. The highest BCUT2D eigenvalue weighted by atomic mass is 31.2. The van der Waals surface area contributed by atoms with Crippen LogP contribution in [0.25, 0.3) is 0 Å². The van der Waals surface area contributed by atoms with Gasteiger partial charge in [-0.25, -0.2) is 0 Å². The van der Waals surface area contributed by atoms with E-state index in [4.69, 9.17) is 14.5 Å². The lowest BCUT2D eigenvalue weighted by atomic mass is 10.2. The fourth-order valence-corrected chi connectivity index (χ4v) is 2.86. The molecular weight excluding hydrogens is 287 g/mol. The van der Waals surface area contributed by atoms with E-state index in [9.17, 15) is 4.57 Å². The number of unbranched alkanes of at least 4 members (excludes halogenated alkanes) is 1. The Balaban J connectivity index is 0.000000491. The maximum absolute atomic E-state index is 11.0. The molecule has 0 spiro atoms. The van der Waals surface area contributed by atoms with Crippen LogP contribution in [0.4, 0.5) is 0 Å². The molecule has 1 saturated carbocycles. The van der Waals surface area contributed by atoms with Crippen molar-refractivity contribution in [2.24, 2.45) is 0 Å². The normalized spacial score (nSPS) is 15.4. The van der Waals surface area contributed by atoms with Gasteiger partial charge in [0.2, 0.25) is 0 Å². The van der Waals surface area contributed by atoms with Crippen molar-refractivity contribution in [3.63, 3.8) is 0 Å². The molecule has 0 aromatic heterocycles. The van der Waals surface area contributed by atoms with E-state index in [-0.39, 0.29) is 12.3 Å². The summed E-state index contributed by atoms with van der Waals surface area (Å²) in [5.41, 5.74) is 0.590. The third-order valence-electron chi connectivity index (χ3n) is 3.44. The van der Waals surface area contributed by atoms with Crippen molar-refractivity contribution < 1.29 is 19.1 Å². The van der Waals surface area contributed by atoms with Crippen molar-refractivity contribution in [2.75, 3.05) is 0 Å². The van der Waals surface area contributed by atoms with E-state index in [0.29, 0.717) is 11.3 Å². The lowest BCUT2D eigenvalue weighted by molar-refractivity contribution is 0.208. The lowest BCUT2D eigenvalue weighted by Gasteiger charge is -2.16. The van der Waals surface area contributed by atoms with Crippen LogP contribution in [-0.2, 0) is 10.7 Å². The summed E-state index contributed by atoms with van der Waals surface area (Å²) in [6, 6.07) is 7.09. The molecule has 1 aromatic rings. The Morgan fingerprint density at radius 2 is 1.71 bits per heavy atom. The first kappa shape index (κ1) is 18.2. The van der Waals surface area contributed by atoms with Crippen LogP contribution in [0, 0.1) is 0 Å². The van der Waals surface area contributed by atoms with Crippen molar-refractivity contribution in [1.29, 1.82) is 0 Å². The van der Waals surface area contributed by atoms with Gasteiger partial charge in [0.15, 0.2) is 0 Å². The summed E-state index contributed by atoms with van der Waals surface area (Å²) in [7, 11) is -4.04. The third-order valence-corrected chi connectivity index (χ3v) is 4.20. The minimum atomic E-state index is -4.04. The average Bonchev–Trinajstić information content (AvgIpc) is 2.93. The largest absolute Gasteiger partial charge is 0.490 e. The van der Waals surface area contributed by atoms with Gasteiger partial charge in [-0.15, -0.1) is 0 Å². The van der Waals surface area contributed by atoms with Crippen LogP contribution in [-0.4, -0.2) is 15.9 Å². The van der Waals surface area contributed by atoms with Crippen molar-refractivity contribution in [2.45, 2.75) is 64.6 Å². The molecule has 2 N–H and O–H groups in total. The molecule has 0 unspecified atom stereocenters. The maximum atomic E-state index is 11.0. The van der Waals surface area contributed by atoms with Gasteiger partial charge in [0.05, 0.1) is 12.3 Å². The summed E-state index contributed by atoms with van der Waals surface area (Å²) >= 11 is 0. The monoisotopic (exact) mass is 314 g/mol. The fourth-order valence-electron chi connectivity index (χ4n) is 2.16. The molecule has 1 fully saturated rings. The minimum absolute atomic E-state index is 0.202. The van der Waals surface area contributed by atoms with E-state index < -0.39 is 7.60 Å². The predicted octanol–water partition coefficient (Wildman–Crippen LogP) is 4.49. The van der Waals surface area contributed by atoms with Gasteiger partial charge >= 0.3 is 7.60 Å². The van der Waals surface area contributed by atoms with Crippen molar-refractivity contribution in [1.82, 2.24) is 0 Å². The van der Waals surface area contributed by atoms with Gasteiger partial charge in [0, 0.05) is 5.56 Å². The number of rotatable bonds is 5. The van der Waals surface area contributed by atoms with E-state index in [1.54, 1.807) is 18.2 Å². The molecule has 2 rings (SSSR count). The smallest absolute Gasteiger partial charge is 0.330 e. The zero-order valence-corrected chi connectivity index (χ0v) is 13.9. The Bertz CT molecular complexity index is 447. The Kier molecular flexibility index (Phi) is 8.02. The minimum Gasteiger partial charge on any atom is -0.490 e. The van der Waals surface area contributed by atoms with Crippen LogP contribution < -0.4 is 4.74 Å². The Labute approximate surface area is 127 Å². The highest BCUT2D eigenvalue weighted by molar-refractivity contribution is 7.50.